The van der Waals surface area contributed by atoms with Crippen LogP contribution in [0.25, 0.3) is 0 Å². The topological polar surface area (TPSA) is 180 Å². The average Bonchev–Trinajstić information content (AvgIpc) is 2.39. The van der Waals surface area contributed by atoms with Gasteiger partial charge in [-0.3, -0.25) is 4.79 Å². The van der Waals surface area contributed by atoms with Crippen molar-refractivity contribution >= 4 is 11.9 Å². The van der Waals surface area contributed by atoms with Gasteiger partial charge in [0.05, 0.1) is 12.1 Å². The number of aliphatic hydroxyl groups is 4. The fourth-order valence-corrected chi connectivity index (χ4v) is 1.95. The predicted octanol–water partition coefficient (Wildman–Crippen LogP) is -3.48. The van der Waals surface area contributed by atoms with E-state index in [1.54, 1.807) is 0 Å². The van der Waals surface area contributed by atoms with Crippen molar-refractivity contribution in [3.05, 3.63) is 0 Å². The van der Waals surface area contributed by atoms with E-state index < -0.39 is 61.2 Å². The van der Waals surface area contributed by atoms with Crippen molar-refractivity contribution in [1.29, 1.82) is 0 Å². The molecule has 21 heavy (non-hydrogen) atoms. The zero-order valence-electron chi connectivity index (χ0n) is 11.2. The minimum absolute atomic E-state index is 0.579. The maximum Gasteiger partial charge on any atom is 0.364 e. The molecule has 0 bridgehead atoms. The van der Waals surface area contributed by atoms with Crippen LogP contribution in [0.5, 0.6) is 0 Å². The van der Waals surface area contributed by atoms with Crippen molar-refractivity contribution < 1.29 is 44.6 Å². The Bertz CT molecular complexity index is 403. The number of nitrogens with two attached hydrogens (primary N) is 1. The van der Waals surface area contributed by atoms with Crippen LogP contribution in [0.3, 0.4) is 0 Å². The molecule has 1 fully saturated rings. The molecule has 0 aromatic carbocycles. The predicted molar refractivity (Wildman–Crippen MR) is 64.7 cm³/mol. The first-order valence-corrected chi connectivity index (χ1v) is 6.15. The summed E-state index contributed by atoms with van der Waals surface area (Å²) < 4.78 is 9.32. The van der Waals surface area contributed by atoms with Crippen LogP contribution in [0.2, 0.25) is 0 Å². The summed E-state index contributed by atoms with van der Waals surface area (Å²) in [5.41, 5.74) is 5.58. The fraction of sp³-hybridized carbons (Fsp3) is 0.818. The Morgan fingerprint density at radius 3 is 2.52 bits per heavy atom. The molecule has 1 saturated heterocycles. The minimum atomic E-state index is -2.73. The lowest BCUT2D eigenvalue weighted by Gasteiger charge is -2.43. The van der Waals surface area contributed by atoms with Gasteiger partial charge in [0.2, 0.25) is 0 Å². The summed E-state index contributed by atoms with van der Waals surface area (Å²) in [5, 5.41) is 47.8. The first-order valence-electron chi connectivity index (χ1n) is 6.15. The molecule has 6 atom stereocenters. The maximum atomic E-state index is 10.9. The second-order valence-corrected chi connectivity index (χ2v) is 4.88. The third-order valence-corrected chi connectivity index (χ3v) is 3.16. The summed E-state index contributed by atoms with van der Waals surface area (Å²) in [6, 6.07) is -1.24. The molecule has 0 aliphatic carbocycles. The van der Waals surface area contributed by atoms with E-state index in [1.165, 1.54) is 0 Å². The van der Waals surface area contributed by atoms with Gasteiger partial charge in [0.1, 0.15) is 24.9 Å². The molecule has 0 unspecified atom stereocenters. The van der Waals surface area contributed by atoms with Gasteiger partial charge in [0.25, 0.3) is 5.79 Å². The van der Waals surface area contributed by atoms with E-state index in [9.17, 15) is 30.0 Å². The van der Waals surface area contributed by atoms with Crippen LogP contribution in [0.4, 0.5) is 0 Å². The molecular weight excluding hydrogens is 290 g/mol. The van der Waals surface area contributed by atoms with Gasteiger partial charge >= 0.3 is 11.9 Å². The molecule has 1 rings (SSSR count). The van der Waals surface area contributed by atoms with Gasteiger partial charge in [-0.2, -0.15) is 0 Å². The molecule has 0 saturated carbocycles. The zero-order chi connectivity index (χ0) is 16.4. The lowest BCUT2D eigenvalue weighted by molar-refractivity contribution is -0.292. The number of hydrogen-bond acceptors (Lipinski definition) is 9. The van der Waals surface area contributed by atoms with Crippen LogP contribution >= 0.6 is 0 Å². The third-order valence-electron chi connectivity index (χ3n) is 3.16. The number of aliphatic carboxylic acids is 1. The lowest BCUT2D eigenvalue weighted by atomic mass is 9.89. The number of carbonyl (C=O) groups is 2. The Kier molecular flexibility index (Phi) is 5.61. The van der Waals surface area contributed by atoms with Crippen LogP contribution in [-0.2, 0) is 19.1 Å². The smallest absolute Gasteiger partial charge is 0.364 e. The molecular formula is C11H19NO9. The number of rotatable bonds is 5. The Morgan fingerprint density at radius 1 is 1.48 bits per heavy atom. The summed E-state index contributed by atoms with van der Waals surface area (Å²) >= 11 is 0. The van der Waals surface area contributed by atoms with Gasteiger partial charge in [0, 0.05) is 13.3 Å². The quantitative estimate of drug-likeness (QED) is 0.279. The Labute approximate surface area is 119 Å². The van der Waals surface area contributed by atoms with Crippen molar-refractivity contribution in [2.24, 2.45) is 5.73 Å². The molecule has 1 heterocycles. The molecule has 10 nitrogen and oxygen atoms in total. The van der Waals surface area contributed by atoms with Crippen molar-refractivity contribution in [3.8, 4) is 0 Å². The molecule has 0 amide bonds. The Morgan fingerprint density at radius 2 is 2.05 bits per heavy atom. The molecule has 0 aromatic heterocycles. The van der Waals surface area contributed by atoms with Gasteiger partial charge < -0.3 is 40.7 Å². The zero-order valence-corrected chi connectivity index (χ0v) is 11.2. The Hall–Kier alpha value is -1.30. The van der Waals surface area contributed by atoms with Crippen LogP contribution < -0.4 is 5.73 Å². The number of aliphatic hydroxyl groups excluding tert-OH is 3. The normalized spacial score (nSPS) is 35.8. The van der Waals surface area contributed by atoms with E-state index in [0.717, 1.165) is 6.92 Å². The Balaban J connectivity index is 2.82. The second kappa shape index (κ2) is 6.64. The van der Waals surface area contributed by atoms with Gasteiger partial charge in [-0.25, -0.2) is 4.79 Å². The number of carbonyl (C=O) groups excluding carboxylic acids is 1. The molecule has 10 heteroatoms. The van der Waals surface area contributed by atoms with Crippen LogP contribution in [-0.4, -0.2) is 80.3 Å². The largest absolute Gasteiger partial charge is 0.477 e. The standard InChI is InChI=1S/C11H19NO9/c1-4(13)20-3-6(15)8(16)9-7(12)5(14)2-11(19,21-9)10(17)18/h5-9,14-16,19H,2-3,12H2,1H3,(H,17,18)/t5-,6+,7+,8+,9+,11-/m0/s1. The van der Waals surface area contributed by atoms with Crippen molar-refractivity contribution in [2.75, 3.05) is 6.61 Å². The summed E-state index contributed by atoms with van der Waals surface area (Å²) in [5.74, 6) is -5.19. The van der Waals surface area contributed by atoms with E-state index in [1.807, 2.05) is 0 Å². The second-order valence-electron chi connectivity index (χ2n) is 4.88. The SMILES string of the molecule is CC(=O)OC[C@@H](O)[C@@H](O)[C@@H]1O[C@](O)(C(=O)O)C[C@H](O)[C@H]1N. The lowest BCUT2D eigenvalue weighted by Crippen LogP contribution is -2.65. The first-order chi connectivity index (χ1) is 9.58. The van der Waals surface area contributed by atoms with Crippen LogP contribution in [0, 0.1) is 0 Å². The van der Waals surface area contributed by atoms with Crippen molar-refractivity contribution in [1.82, 2.24) is 0 Å². The summed E-state index contributed by atoms with van der Waals surface area (Å²) in [6.07, 6.45) is -7.14. The highest BCUT2D eigenvalue weighted by molar-refractivity contribution is 5.75. The van der Waals surface area contributed by atoms with E-state index >= 15 is 0 Å². The third kappa shape index (κ3) is 4.09. The van der Waals surface area contributed by atoms with Gasteiger partial charge in [0.15, 0.2) is 0 Å². The van der Waals surface area contributed by atoms with Crippen molar-refractivity contribution in [3.63, 3.8) is 0 Å². The highest BCUT2D eigenvalue weighted by Gasteiger charge is 2.52. The monoisotopic (exact) mass is 309 g/mol. The molecule has 1 aliphatic heterocycles. The van der Waals surface area contributed by atoms with E-state index in [0.29, 0.717) is 0 Å². The van der Waals surface area contributed by atoms with Crippen LogP contribution in [0.1, 0.15) is 13.3 Å². The number of carboxylic acid groups (broad SMARTS) is 1. The number of ether oxygens (including phenoxy) is 2. The fourth-order valence-electron chi connectivity index (χ4n) is 1.95. The van der Waals surface area contributed by atoms with Gasteiger partial charge in [-0.1, -0.05) is 0 Å². The first kappa shape index (κ1) is 17.8. The summed E-state index contributed by atoms with van der Waals surface area (Å²) in [6.45, 7) is 0.513. The highest BCUT2D eigenvalue weighted by Crippen LogP contribution is 2.29. The molecule has 122 valence electrons. The average molecular weight is 309 g/mol. The van der Waals surface area contributed by atoms with E-state index in [2.05, 4.69) is 4.74 Å². The van der Waals surface area contributed by atoms with Crippen LogP contribution in [0.15, 0.2) is 0 Å². The maximum absolute atomic E-state index is 10.9. The number of esters is 1. The summed E-state index contributed by atoms with van der Waals surface area (Å²) in [7, 11) is 0. The van der Waals surface area contributed by atoms with Gasteiger partial charge in [-0.15, -0.1) is 0 Å². The molecule has 0 aromatic rings. The van der Waals surface area contributed by atoms with E-state index in [4.69, 9.17) is 15.6 Å². The molecule has 0 radical (unpaired) electrons. The van der Waals surface area contributed by atoms with E-state index in [-0.39, 0.29) is 0 Å². The molecule has 0 spiro atoms. The van der Waals surface area contributed by atoms with Crippen molar-refractivity contribution in [2.45, 2.75) is 49.6 Å². The molecule has 1 aliphatic rings. The van der Waals surface area contributed by atoms with Gasteiger partial charge in [-0.05, 0) is 0 Å². The molecule has 7 N–H and O–H groups in total. The number of hydrogen-bond donors (Lipinski definition) is 6. The summed E-state index contributed by atoms with van der Waals surface area (Å²) in [4.78, 5) is 21.6. The highest BCUT2D eigenvalue weighted by atomic mass is 16.7. The number of carboxylic acids is 1. The minimum Gasteiger partial charge on any atom is -0.477 e.